The summed E-state index contributed by atoms with van der Waals surface area (Å²) in [5.74, 6) is 0. The highest BCUT2D eigenvalue weighted by Crippen LogP contribution is 2.38. The van der Waals surface area contributed by atoms with Gasteiger partial charge in [-0.2, -0.15) is 0 Å². The van der Waals surface area contributed by atoms with E-state index in [1.54, 1.807) is 0 Å². The maximum atomic E-state index is 7.18. The number of rotatable bonds is 15. The van der Waals surface area contributed by atoms with Crippen molar-refractivity contribution in [3.63, 3.8) is 0 Å². The lowest BCUT2D eigenvalue weighted by Gasteiger charge is -2.46. The van der Waals surface area contributed by atoms with Gasteiger partial charge in [-0.15, -0.1) is 0 Å². The molecule has 6 aromatic carbocycles. The number of hydrogen-bond acceptors (Lipinski definition) is 5. The van der Waals surface area contributed by atoms with Crippen molar-refractivity contribution in [2.45, 2.75) is 57.1 Å². The van der Waals surface area contributed by atoms with Crippen LogP contribution in [0.3, 0.4) is 0 Å². The molecule has 1 saturated heterocycles. The highest BCUT2D eigenvalue weighted by molar-refractivity contribution is 5.85. The van der Waals surface area contributed by atoms with Crippen molar-refractivity contribution in [2.24, 2.45) is 0 Å². The van der Waals surface area contributed by atoms with Gasteiger partial charge in [0.15, 0.2) is 6.23 Å². The molecule has 0 radical (unpaired) electrons. The molecule has 54 heavy (non-hydrogen) atoms. The third-order valence-corrected chi connectivity index (χ3v) is 9.96. The average molecular weight is 716 g/mol. The van der Waals surface area contributed by atoms with E-state index in [1.165, 1.54) is 5.56 Å². The Labute approximate surface area is 317 Å². The minimum absolute atomic E-state index is 0.304. The zero-order valence-electron chi connectivity index (χ0n) is 30.2. The van der Waals surface area contributed by atoms with Crippen LogP contribution in [-0.2, 0) is 50.1 Å². The molecular formula is C48H45NO5. The fourth-order valence-electron chi connectivity index (χ4n) is 7.19. The summed E-state index contributed by atoms with van der Waals surface area (Å²) >= 11 is 0. The van der Waals surface area contributed by atoms with Crippen LogP contribution in [0, 0.1) is 0 Å². The molecule has 272 valence electrons. The van der Waals surface area contributed by atoms with E-state index in [0.29, 0.717) is 33.0 Å². The molecule has 0 saturated carbocycles. The molecule has 1 fully saturated rings. The van der Waals surface area contributed by atoms with Crippen LogP contribution in [0.4, 0.5) is 0 Å². The topological polar surface area (TPSA) is 51.1 Å². The number of aromatic nitrogens is 1. The maximum Gasteiger partial charge on any atom is 0.163 e. The molecule has 0 bridgehead atoms. The second-order valence-corrected chi connectivity index (χ2v) is 13.7. The van der Waals surface area contributed by atoms with E-state index in [2.05, 4.69) is 108 Å². The predicted octanol–water partition coefficient (Wildman–Crippen LogP) is 10.2. The van der Waals surface area contributed by atoms with Crippen LogP contribution >= 0.6 is 0 Å². The molecule has 1 aliphatic heterocycles. The van der Waals surface area contributed by atoms with Gasteiger partial charge < -0.3 is 28.3 Å². The van der Waals surface area contributed by atoms with Crippen LogP contribution in [0.5, 0.6) is 0 Å². The standard InChI is InChI=1S/C48H45NO5/c1-6-16-36(17-7-1)31-50-35-44-45(51-32-37-18-8-2-9-19-37)46(52-33-38-20-10-3-11-21-38)47(53-34-39-22-12-4-13-23-39)48(54-44)49-29-28-42-30-41(26-27-43(42)49)40-24-14-5-15-25-40/h1-30,44-48H,31-35H2/t44-,45-,46+,47-,48-/m1/s1. The third kappa shape index (κ3) is 8.71. The largest absolute Gasteiger partial charge is 0.374 e. The average Bonchev–Trinajstić information content (AvgIpc) is 3.67. The first-order valence-electron chi connectivity index (χ1n) is 18.7. The highest BCUT2D eigenvalue weighted by Gasteiger charge is 2.49. The Hall–Kier alpha value is -5.34. The summed E-state index contributed by atoms with van der Waals surface area (Å²) < 4.78 is 36.6. The molecule has 8 rings (SSSR count). The molecular weight excluding hydrogens is 671 g/mol. The van der Waals surface area contributed by atoms with Crippen molar-refractivity contribution in [3.8, 4) is 11.1 Å². The number of ether oxygens (including phenoxy) is 5. The van der Waals surface area contributed by atoms with Crippen molar-refractivity contribution >= 4 is 10.9 Å². The number of benzene rings is 6. The van der Waals surface area contributed by atoms with Gasteiger partial charge in [0.1, 0.15) is 24.4 Å². The smallest absolute Gasteiger partial charge is 0.163 e. The van der Waals surface area contributed by atoms with Crippen molar-refractivity contribution < 1.29 is 23.7 Å². The molecule has 6 nitrogen and oxygen atoms in total. The van der Waals surface area contributed by atoms with Gasteiger partial charge >= 0.3 is 0 Å². The SMILES string of the molecule is c1ccc(COC[C@H]2O[C@@H](n3ccc4cc(-c5ccccc5)ccc43)[C@H](OCc3ccccc3)[C@@H](OCc3ccccc3)[C@@H]2OCc2ccccc2)cc1. The lowest BCUT2D eigenvalue weighted by molar-refractivity contribution is -0.289. The van der Waals surface area contributed by atoms with E-state index in [-0.39, 0.29) is 0 Å². The second kappa shape index (κ2) is 17.7. The van der Waals surface area contributed by atoms with Gasteiger partial charge in [-0.25, -0.2) is 0 Å². The molecule has 2 heterocycles. The van der Waals surface area contributed by atoms with Crippen LogP contribution in [0.15, 0.2) is 182 Å². The Morgan fingerprint density at radius 1 is 0.444 bits per heavy atom. The lowest BCUT2D eigenvalue weighted by Crippen LogP contribution is -2.59. The first-order chi connectivity index (χ1) is 26.8. The monoisotopic (exact) mass is 715 g/mol. The van der Waals surface area contributed by atoms with Gasteiger partial charge in [-0.1, -0.05) is 158 Å². The quantitative estimate of drug-likeness (QED) is 0.106. The fraction of sp³-hybridized carbons (Fsp3) is 0.208. The van der Waals surface area contributed by atoms with Gasteiger partial charge in [0.2, 0.25) is 0 Å². The molecule has 0 spiro atoms. The van der Waals surface area contributed by atoms with E-state index >= 15 is 0 Å². The molecule has 0 N–H and O–H groups in total. The fourth-order valence-corrected chi connectivity index (χ4v) is 7.19. The first-order valence-corrected chi connectivity index (χ1v) is 18.7. The zero-order chi connectivity index (χ0) is 36.4. The van der Waals surface area contributed by atoms with Gasteiger partial charge in [0, 0.05) is 11.6 Å². The summed E-state index contributed by atoms with van der Waals surface area (Å²) in [4.78, 5) is 0. The van der Waals surface area contributed by atoms with E-state index in [1.807, 2.05) is 78.9 Å². The summed E-state index contributed by atoms with van der Waals surface area (Å²) in [6, 6.07) is 60.1. The lowest BCUT2D eigenvalue weighted by atomic mass is 9.96. The summed E-state index contributed by atoms with van der Waals surface area (Å²) in [5, 5.41) is 1.11. The summed E-state index contributed by atoms with van der Waals surface area (Å²) in [6.45, 7) is 1.92. The maximum absolute atomic E-state index is 7.18. The Morgan fingerprint density at radius 2 is 0.926 bits per heavy atom. The Balaban J connectivity index is 1.18. The predicted molar refractivity (Wildman–Crippen MR) is 212 cm³/mol. The molecule has 1 aromatic heterocycles. The van der Waals surface area contributed by atoms with Gasteiger partial charge in [0.25, 0.3) is 0 Å². The molecule has 5 atom stereocenters. The minimum atomic E-state index is -0.545. The van der Waals surface area contributed by atoms with E-state index in [4.69, 9.17) is 23.7 Å². The van der Waals surface area contributed by atoms with E-state index in [9.17, 15) is 0 Å². The van der Waals surface area contributed by atoms with Crippen LogP contribution in [0.2, 0.25) is 0 Å². The Bertz CT molecular complexity index is 2160. The van der Waals surface area contributed by atoms with Crippen molar-refractivity contribution in [1.29, 1.82) is 0 Å². The molecule has 1 aliphatic rings. The Morgan fingerprint density at radius 3 is 1.48 bits per heavy atom. The van der Waals surface area contributed by atoms with Crippen LogP contribution in [-0.4, -0.2) is 35.6 Å². The highest BCUT2D eigenvalue weighted by atomic mass is 16.6. The number of nitrogens with zero attached hydrogens (tertiary/aromatic N) is 1. The van der Waals surface area contributed by atoms with Crippen molar-refractivity contribution in [2.75, 3.05) is 6.61 Å². The first kappa shape index (κ1) is 35.7. The van der Waals surface area contributed by atoms with Gasteiger partial charge in [0.05, 0.1) is 38.6 Å². The van der Waals surface area contributed by atoms with Crippen molar-refractivity contribution in [3.05, 3.63) is 204 Å². The molecule has 0 amide bonds. The normalized spacial score (nSPS) is 19.9. The number of hydrogen-bond donors (Lipinski definition) is 0. The van der Waals surface area contributed by atoms with Crippen LogP contribution in [0.1, 0.15) is 28.5 Å². The van der Waals surface area contributed by atoms with E-state index < -0.39 is 30.6 Å². The molecule has 0 aliphatic carbocycles. The van der Waals surface area contributed by atoms with Gasteiger partial charge in [-0.05, 0) is 51.6 Å². The second-order valence-electron chi connectivity index (χ2n) is 13.7. The van der Waals surface area contributed by atoms with E-state index in [0.717, 1.165) is 38.7 Å². The molecule has 0 unspecified atom stereocenters. The third-order valence-electron chi connectivity index (χ3n) is 9.96. The Kier molecular flexibility index (Phi) is 11.7. The number of fused-ring (bicyclic) bond motifs is 1. The molecule has 7 aromatic rings. The van der Waals surface area contributed by atoms with Crippen LogP contribution in [0.25, 0.3) is 22.0 Å². The van der Waals surface area contributed by atoms with Gasteiger partial charge in [-0.3, -0.25) is 0 Å². The molecule has 6 heteroatoms. The minimum Gasteiger partial charge on any atom is -0.374 e. The summed E-state index contributed by atoms with van der Waals surface area (Å²) in [6.07, 6.45) is -0.470. The van der Waals surface area contributed by atoms with Crippen LogP contribution < -0.4 is 0 Å². The van der Waals surface area contributed by atoms with Crippen molar-refractivity contribution in [1.82, 2.24) is 4.57 Å². The zero-order valence-corrected chi connectivity index (χ0v) is 30.2. The summed E-state index contributed by atoms with van der Waals surface area (Å²) in [7, 11) is 0. The summed E-state index contributed by atoms with van der Waals surface area (Å²) in [5.41, 5.74) is 7.68.